The maximum Gasteiger partial charge on any atom is 0.0914 e. The summed E-state index contributed by atoms with van der Waals surface area (Å²) in [4.78, 5) is 8.62. The van der Waals surface area contributed by atoms with Gasteiger partial charge in [0.05, 0.1) is 11.4 Å². The SMILES string of the molecule is Cc1cc(C)cc(-c2nccnc2C)c1. The standard InChI is InChI=1S/C13H14N2/c1-9-6-10(2)8-12(7-9)13-11(3)14-4-5-15-13/h4-8H,1-3H3. The van der Waals surface area contributed by atoms with Gasteiger partial charge in [0.2, 0.25) is 0 Å². The lowest BCUT2D eigenvalue weighted by molar-refractivity contribution is 1.12. The second-order valence-corrected chi connectivity index (χ2v) is 3.87. The summed E-state index contributed by atoms with van der Waals surface area (Å²) in [6.45, 7) is 6.18. The van der Waals surface area contributed by atoms with Gasteiger partial charge in [0.1, 0.15) is 0 Å². The van der Waals surface area contributed by atoms with E-state index in [1.165, 1.54) is 11.1 Å². The molecule has 0 aliphatic rings. The third kappa shape index (κ3) is 2.04. The minimum atomic E-state index is 0.975. The van der Waals surface area contributed by atoms with Crippen LogP contribution in [0.15, 0.2) is 30.6 Å². The Morgan fingerprint density at radius 2 is 1.40 bits per heavy atom. The van der Waals surface area contributed by atoms with Crippen LogP contribution in [0.5, 0.6) is 0 Å². The highest BCUT2D eigenvalue weighted by Gasteiger charge is 2.04. The monoisotopic (exact) mass is 198 g/mol. The zero-order valence-electron chi connectivity index (χ0n) is 9.28. The van der Waals surface area contributed by atoms with Crippen LogP contribution in [0.1, 0.15) is 16.8 Å². The van der Waals surface area contributed by atoms with Crippen LogP contribution in [0.25, 0.3) is 11.3 Å². The first-order chi connectivity index (χ1) is 7.16. The van der Waals surface area contributed by atoms with E-state index in [1.807, 2.05) is 6.92 Å². The Labute approximate surface area is 90.0 Å². The molecule has 0 amide bonds. The summed E-state index contributed by atoms with van der Waals surface area (Å²) in [5.74, 6) is 0. The van der Waals surface area contributed by atoms with E-state index in [4.69, 9.17) is 0 Å². The van der Waals surface area contributed by atoms with Gasteiger partial charge in [-0.25, -0.2) is 0 Å². The molecule has 0 saturated heterocycles. The van der Waals surface area contributed by atoms with Gasteiger partial charge in [-0.05, 0) is 32.9 Å². The first-order valence-electron chi connectivity index (χ1n) is 5.03. The van der Waals surface area contributed by atoms with Gasteiger partial charge in [-0.1, -0.05) is 17.2 Å². The molecule has 2 nitrogen and oxygen atoms in total. The molecule has 0 spiro atoms. The van der Waals surface area contributed by atoms with Crippen molar-refractivity contribution in [1.29, 1.82) is 0 Å². The van der Waals surface area contributed by atoms with Crippen molar-refractivity contribution in [3.8, 4) is 11.3 Å². The van der Waals surface area contributed by atoms with E-state index in [0.29, 0.717) is 0 Å². The molecule has 1 aromatic heterocycles. The summed E-state index contributed by atoms with van der Waals surface area (Å²) >= 11 is 0. The molecule has 76 valence electrons. The largest absolute Gasteiger partial charge is 0.258 e. The molecular formula is C13H14N2. The number of hydrogen-bond acceptors (Lipinski definition) is 2. The molecule has 0 unspecified atom stereocenters. The Hall–Kier alpha value is -1.70. The van der Waals surface area contributed by atoms with E-state index in [0.717, 1.165) is 17.0 Å². The van der Waals surface area contributed by atoms with Gasteiger partial charge in [-0.15, -0.1) is 0 Å². The fourth-order valence-electron chi connectivity index (χ4n) is 1.80. The molecule has 0 radical (unpaired) electrons. The summed E-state index contributed by atoms with van der Waals surface area (Å²) in [6.07, 6.45) is 3.46. The highest BCUT2D eigenvalue weighted by atomic mass is 14.8. The zero-order chi connectivity index (χ0) is 10.8. The van der Waals surface area contributed by atoms with Crippen LogP contribution in [-0.4, -0.2) is 9.97 Å². The molecule has 0 aliphatic carbocycles. The molecule has 0 atom stereocenters. The molecule has 0 fully saturated rings. The van der Waals surface area contributed by atoms with Crippen molar-refractivity contribution in [1.82, 2.24) is 9.97 Å². The third-order valence-corrected chi connectivity index (χ3v) is 2.38. The Kier molecular flexibility index (Phi) is 2.50. The predicted octanol–water partition coefficient (Wildman–Crippen LogP) is 3.07. The average molecular weight is 198 g/mol. The van der Waals surface area contributed by atoms with E-state index in [2.05, 4.69) is 42.0 Å². The van der Waals surface area contributed by atoms with E-state index >= 15 is 0 Å². The Bertz CT molecular complexity index is 469. The van der Waals surface area contributed by atoms with Crippen LogP contribution < -0.4 is 0 Å². The highest BCUT2D eigenvalue weighted by Crippen LogP contribution is 2.21. The number of aromatic nitrogens is 2. The van der Waals surface area contributed by atoms with Gasteiger partial charge in [-0.3, -0.25) is 9.97 Å². The minimum Gasteiger partial charge on any atom is -0.258 e. The second-order valence-electron chi connectivity index (χ2n) is 3.87. The molecule has 1 heterocycles. The normalized spacial score (nSPS) is 10.3. The minimum absolute atomic E-state index is 0.975. The molecule has 0 aliphatic heterocycles. The fraction of sp³-hybridized carbons (Fsp3) is 0.231. The first kappa shape index (κ1) is 9.84. The van der Waals surface area contributed by atoms with E-state index < -0.39 is 0 Å². The molecule has 2 rings (SSSR count). The Morgan fingerprint density at radius 3 is 2.00 bits per heavy atom. The van der Waals surface area contributed by atoms with Gasteiger partial charge in [-0.2, -0.15) is 0 Å². The number of aryl methyl sites for hydroxylation is 3. The topological polar surface area (TPSA) is 25.8 Å². The van der Waals surface area contributed by atoms with Crippen LogP contribution in [0.4, 0.5) is 0 Å². The molecule has 15 heavy (non-hydrogen) atoms. The second kappa shape index (κ2) is 3.81. The third-order valence-electron chi connectivity index (χ3n) is 2.38. The summed E-state index contributed by atoms with van der Waals surface area (Å²) in [5.41, 5.74) is 5.62. The van der Waals surface area contributed by atoms with Crippen molar-refractivity contribution < 1.29 is 0 Å². The van der Waals surface area contributed by atoms with Crippen molar-refractivity contribution in [2.75, 3.05) is 0 Å². The lowest BCUT2D eigenvalue weighted by Gasteiger charge is -2.06. The lowest BCUT2D eigenvalue weighted by Crippen LogP contribution is -1.91. The van der Waals surface area contributed by atoms with Crippen LogP contribution in [0, 0.1) is 20.8 Å². The zero-order valence-corrected chi connectivity index (χ0v) is 9.28. The maximum atomic E-state index is 4.37. The van der Waals surface area contributed by atoms with Crippen LogP contribution in [0.3, 0.4) is 0 Å². The van der Waals surface area contributed by atoms with Gasteiger partial charge in [0, 0.05) is 18.0 Å². The molecule has 2 aromatic rings. The van der Waals surface area contributed by atoms with Gasteiger partial charge in [0.15, 0.2) is 0 Å². The number of rotatable bonds is 1. The smallest absolute Gasteiger partial charge is 0.0914 e. The maximum absolute atomic E-state index is 4.37. The lowest BCUT2D eigenvalue weighted by atomic mass is 10.0. The van der Waals surface area contributed by atoms with Crippen molar-refractivity contribution in [3.63, 3.8) is 0 Å². The van der Waals surface area contributed by atoms with E-state index in [1.54, 1.807) is 12.4 Å². The van der Waals surface area contributed by atoms with Crippen molar-refractivity contribution in [2.24, 2.45) is 0 Å². The number of benzene rings is 1. The molecule has 2 heteroatoms. The summed E-state index contributed by atoms with van der Waals surface area (Å²) in [7, 11) is 0. The highest BCUT2D eigenvalue weighted by molar-refractivity contribution is 5.62. The summed E-state index contributed by atoms with van der Waals surface area (Å²) in [5, 5.41) is 0. The van der Waals surface area contributed by atoms with Gasteiger partial charge < -0.3 is 0 Å². The molecule has 0 N–H and O–H groups in total. The quantitative estimate of drug-likeness (QED) is 0.703. The summed E-state index contributed by atoms with van der Waals surface area (Å²) < 4.78 is 0. The van der Waals surface area contributed by atoms with Crippen molar-refractivity contribution in [2.45, 2.75) is 20.8 Å². The van der Waals surface area contributed by atoms with Crippen LogP contribution >= 0.6 is 0 Å². The average Bonchev–Trinajstić information content (AvgIpc) is 2.16. The van der Waals surface area contributed by atoms with Gasteiger partial charge in [0.25, 0.3) is 0 Å². The number of hydrogen-bond donors (Lipinski definition) is 0. The van der Waals surface area contributed by atoms with Crippen LogP contribution in [-0.2, 0) is 0 Å². The van der Waals surface area contributed by atoms with Crippen molar-refractivity contribution >= 4 is 0 Å². The molecule has 1 aromatic carbocycles. The van der Waals surface area contributed by atoms with E-state index in [-0.39, 0.29) is 0 Å². The molecular weight excluding hydrogens is 184 g/mol. The Morgan fingerprint density at radius 1 is 0.800 bits per heavy atom. The summed E-state index contributed by atoms with van der Waals surface area (Å²) in [6, 6.07) is 6.45. The Balaban J connectivity index is 2.59. The fourth-order valence-corrected chi connectivity index (χ4v) is 1.80. The predicted molar refractivity (Wildman–Crippen MR) is 61.7 cm³/mol. The first-order valence-corrected chi connectivity index (χ1v) is 5.03. The molecule has 0 bridgehead atoms. The van der Waals surface area contributed by atoms with E-state index in [9.17, 15) is 0 Å². The molecule has 0 saturated carbocycles. The van der Waals surface area contributed by atoms with Gasteiger partial charge >= 0.3 is 0 Å². The van der Waals surface area contributed by atoms with Crippen molar-refractivity contribution in [3.05, 3.63) is 47.4 Å². The van der Waals surface area contributed by atoms with Crippen LogP contribution in [0.2, 0.25) is 0 Å². The number of nitrogens with zero attached hydrogens (tertiary/aromatic N) is 2.